The number of benzene rings is 1. The molecule has 0 unspecified atom stereocenters. The van der Waals surface area contributed by atoms with Crippen molar-refractivity contribution >= 4 is 28.4 Å². The second-order valence-corrected chi connectivity index (χ2v) is 5.77. The SMILES string of the molecule is CC(C)c1nc(-c2ccc(OC(F)F)cc2)nc(N)c1I. The fraction of sp³-hybridized carbons (Fsp3) is 0.286. The summed E-state index contributed by atoms with van der Waals surface area (Å²) in [5.74, 6) is 1.19. The van der Waals surface area contributed by atoms with Crippen molar-refractivity contribution in [1.29, 1.82) is 0 Å². The Morgan fingerprint density at radius 3 is 2.29 bits per heavy atom. The summed E-state index contributed by atoms with van der Waals surface area (Å²) in [6.45, 7) is 1.20. The van der Waals surface area contributed by atoms with Crippen LogP contribution in [0.15, 0.2) is 24.3 Å². The number of aromatic nitrogens is 2. The third-order valence-corrected chi connectivity index (χ3v) is 3.89. The van der Waals surface area contributed by atoms with E-state index in [4.69, 9.17) is 5.73 Å². The zero-order chi connectivity index (χ0) is 15.6. The van der Waals surface area contributed by atoms with E-state index in [0.29, 0.717) is 17.2 Å². The van der Waals surface area contributed by atoms with Crippen molar-refractivity contribution in [2.24, 2.45) is 0 Å². The van der Waals surface area contributed by atoms with Crippen LogP contribution in [0.3, 0.4) is 0 Å². The van der Waals surface area contributed by atoms with Crippen molar-refractivity contribution < 1.29 is 13.5 Å². The smallest absolute Gasteiger partial charge is 0.387 e. The number of nitrogens with two attached hydrogens (primary N) is 1. The summed E-state index contributed by atoms with van der Waals surface area (Å²) in [7, 11) is 0. The van der Waals surface area contributed by atoms with Gasteiger partial charge in [-0.05, 0) is 52.8 Å². The summed E-state index contributed by atoms with van der Waals surface area (Å²) in [4.78, 5) is 8.75. The number of nitrogens with zero attached hydrogens (tertiary/aromatic N) is 2. The van der Waals surface area contributed by atoms with Crippen LogP contribution in [0.5, 0.6) is 5.75 Å². The predicted molar refractivity (Wildman–Crippen MR) is 85.3 cm³/mol. The van der Waals surface area contributed by atoms with Gasteiger partial charge in [0.1, 0.15) is 11.6 Å². The fourth-order valence-corrected chi connectivity index (χ4v) is 2.64. The monoisotopic (exact) mass is 405 g/mol. The van der Waals surface area contributed by atoms with Crippen LogP contribution in [0.4, 0.5) is 14.6 Å². The summed E-state index contributed by atoms with van der Waals surface area (Å²) in [6.07, 6.45) is 0. The number of halogens is 3. The van der Waals surface area contributed by atoms with Crippen molar-refractivity contribution in [3.8, 4) is 17.1 Å². The highest BCUT2D eigenvalue weighted by Gasteiger charge is 2.14. The molecule has 7 heteroatoms. The van der Waals surface area contributed by atoms with Gasteiger partial charge in [0, 0.05) is 5.56 Å². The topological polar surface area (TPSA) is 61.0 Å². The van der Waals surface area contributed by atoms with Crippen LogP contribution in [-0.2, 0) is 0 Å². The largest absolute Gasteiger partial charge is 0.435 e. The number of rotatable bonds is 4. The molecule has 0 bridgehead atoms. The van der Waals surface area contributed by atoms with Crippen LogP contribution in [0.1, 0.15) is 25.5 Å². The Labute approximate surface area is 134 Å². The van der Waals surface area contributed by atoms with Gasteiger partial charge in [0.25, 0.3) is 0 Å². The van der Waals surface area contributed by atoms with Gasteiger partial charge in [-0.15, -0.1) is 0 Å². The zero-order valence-electron chi connectivity index (χ0n) is 11.5. The van der Waals surface area contributed by atoms with Gasteiger partial charge in [-0.2, -0.15) is 8.78 Å². The lowest BCUT2D eigenvalue weighted by Gasteiger charge is -2.12. The first-order valence-electron chi connectivity index (χ1n) is 6.26. The van der Waals surface area contributed by atoms with E-state index in [0.717, 1.165) is 9.26 Å². The molecule has 1 heterocycles. The maximum absolute atomic E-state index is 12.1. The summed E-state index contributed by atoms with van der Waals surface area (Å²) < 4.78 is 29.4. The molecule has 0 aliphatic carbocycles. The molecule has 2 N–H and O–H groups in total. The van der Waals surface area contributed by atoms with Gasteiger partial charge in [-0.25, -0.2) is 9.97 Å². The van der Waals surface area contributed by atoms with Gasteiger partial charge in [-0.3, -0.25) is 0 Å². The van der Waals surface area contributed by atoms with Crippen LogP contribution in [0.2, 0.25) is 0 Å². The van der Waals surface area contributed by atoms with E-state index < -0.39 is 6.61 Å². The van der Waals surface area contributed by atoms with Crippen molar-refractivity contribution in [2.45, 2.75) is 26.4 Å². The second kappa shape index (κ2) is 6.50. The normalized spacial score (nSPS) is 11.2. The maximum atomic E-state index is 12.1. The van der Waals surface area contributed by atoms with Gasteiger partial charge in [0.2, 0.25) is 0 Å². The summed E-state index contributed by atoms with van der Waals surface area (Å²) in [5.41, 5.74) is 7.47. The number of hydrogen-bond donors (Lipinski definition) is 1. The van der Waals surface area contributed by atoms with E-state index in [2.05, 4.69) is 37.3 Å². The predicted octanol–water partition coefficient (Wildman–Crippen LogP) is 4.06. The van der Waals surface area contributed by atoms with Gasteiger partial charge < -0.3 is 10.5 Å². The van der Waals surface area contributed by atoms with E-state index in [-0.39, 0.29) is 11.7 Å². The number of nitrogen functional groups attached to an aromatic ring is 1. The molecule has 0 aliphatic heterocycles. The standard InChI is InChI=1S/C14H14F2IN3O/c1-7(2)11-10(17)12(18)20-13(19-11)8-3-5-9(6-4-8)21-14(15)16/h3-7,14H,1-2H3,(H2,18,19,20). The maximum Gasteiger partial charge on any atom is 0.387 e. The highest BCUT2D eigenvalue weighted by Crippen LogP contribution is 2.27. The lowest BCUT2D eigenvalue weighted by Crippen LogP contribution is -2.06. The lowest BCUT2D eigenvalue weighted by atomic mass is 10.1. The van der Waals surface area contributed by atoms with Gasteiger partial charge in [-0.1, -0.05) is 13.8 Å². The fourth-order valence-electron chi connectivity index (χ4n) is 1.78. The molecule has 112 valence electrons. The molecule has 0 aliphatic rings. The summed E-state index contributed by atoms with van der Waals surface area (Å²) in [5, 5.41) is 0. The third-order valence-electron chi connectivity index (χ3n) is 2.79. The first-order chi connectivity index (χ1) is 9.88. The molecule has 1 aromatic heterocycles. The Morgan fingerprint density at radius 1 is 1.14 bits per heavy atom. The van der Waals surface area contributed by atoms with Crippen LogP contribution in [0.25, 0.3) is 11.4 Å². The average Bonchev–Trinajstić information content (AvgIpc) is 2.41. The average molecular weight is 405 g/mol. The number of hydrogen-bond acceptors (Lipinski definition) is 4. The van der Waals surface area contributed by atoms with Crippen LogP contribution >= 0.6 is 22.6 Å². The van der Waals surface area contributed by atoms with E-state index >= 15 is 0 Å². The molecule has 0 radical (unpaired) electrons. The van der Waals surface area contributed by atoms with E-state index in [1.54, 1.807) is 12.1 Å². The minimum absolute atomic E-state index is 0.0938. The molecule has 2 aromatic rings. The van der Waals surface area contributed by atoms with Gasteiger partial charge in [0.15, 0.2) is 5.82 Å². The highest BCUT2D eigenvalue weighted by molar-refractivity contribution is 14.1. The molecule has 0 atom stereocenters. The van der Waals surface area contributed by atoms with E-state index in [1.807, 2.05) is 13.8 Å². The third kappa shape index (κ3) is 3.78. The Balaban J connectivity index is 2.38. The summed E-state index contributed by atoms with van der Waals surface area (Å²) >= 11 is 2.12. The first kappa shape index (κ1) is 15.9. The molecule has 0 spiro atoms. The Morgan fingerprint density at radius 2 is 1.76 bits per heavy atom. The molecule has 0 saturated heterocycles. The zero-order valence-corrected chi connectivity index (χ0v) is 13.6. The van der Waals surface area contributed by atoms with Crippen LogP contribution in [0, 0.1) is 3.57 Å². The van der Waals surface area contributed by atoms with Crippen LogP contribution in [-0.4, -0.2) is 16.6 Å². The van der Waals surface area contributed by atoms with Crippen molar-refractivity contribution in [3.63, 3.8) is 0 Å². The second-order valence-electron chi connectivity index (χ2n) is 4.69. The van der Waals surface area contributed by atoms with Crippen molar-refractivity contribution in [3.05, 3.63) is 33.5 Å². The minimum atomic E-state index is -2.84. The Bertz CT molecular complexity index is 633. The van der Waals surface area contributed by atoms with Crippen molar-refractivity contribution in [1.82, 2.24) is 9.97 Å². The van der Waals surface area contributed by atoms with E-state index in [9.17, 15) is 8.78 Å². The first-order valence-corrected chi connectivity index (χ1v) is 7.34. The molecule has 2 rings (SSSR count). The molecule has 21 heavy (non-hydrogen) atoms. The molecular weight excluding hydrogens is 391 g/mol. The van der Waals surface area contributed by atoms with E-state index in [1.165, 1.54) is 12.1 Å². The minimum Gasteiger partial charge on any atom is -0.435 e. The Kier molecular flexibility index (Phi) is 4.92. The Hall–Kier alpha value is -1.51. The quantitative estimate of drug-likeness (QED) is 0.780. The van der Waals surface area contributed by atoms with Gasteiger partial charge >= 0.3 is 6.61 Å². The number of alkyl halides is 2. The van der Waals surface area contributed by atoms with Crippen molar-refractivity contribution in [2.75, 3.05) is 5.73 Å². The molecule has 1 aromatic carbocycles. The molecule has 0 amide bonds. The molecule has 4 nitrogen and oxygen atoms in total. The highest BCUT2D eigenvalue weighted by atomic mass is 127. The van der Waals surface area contributed by atoms with Crippen LogP contribution < -0.4 is 10.5 Å². The molecule has 0 fully saturated rings. The number of ether oxygens (including phenoxy) is 1. The lowest BCUT2D eigenvalue weighted by molar-refractivity contribution is -0.0498. The summed E-state index contributed by atoms with van der Waals surface area (Å²) in [6, 6.07) is 6.16. The number of anilines is 1. The van der Waals surface area contributed by atoms with Gasteiger partial charge in [0.05, 0.1) is 9.26 Å². The molecular formula is C14H14F2IN3O. The molecule has 0 saturated carbocycles.